The van der Waals surface area contributed by atoms with Gasteiger partial charge >= 0.3 is 5.69 Å². The van der Waals surface area contributed by atoms with Crippen LogP contribution in [-0.4, -0.2) is 33.4 Å². The molecule has 4 atom stereocenters. The first kappa shape index (κ1) is 18.6. The molecule has 140 valence electrons. The minimum Gasteiger partial charge on any atom is -0.390 e. The number of ether oxygens (including phenoxy) is 1. The van der Waals surface area contributed by atoms with Crippen molar-refractivity contribution in [3.63, 3.8) is 0 Å². The fraction of sp³-hybridized carbons (Fsp3) is 0.474. The van der Waals surface area contributed by atoms with Gasteiger partial charge < -0.3 is 15.2 Å². The molecule has 7 heteroatoms. The van der Waals surface area contributed by atoms with E-state index in [9.17, 15) is 14.7 Å². The average molecular weight is 359 g/mol. The summed E-state index contributed by atoms with van der Waals surface area (Å²) in [5.74, 6) is 0. The van der Waals surface area contributed by atoms with Crippen LogP contribution in [0.1, 0.15) is 43.7 Å². The molecule has 1 aromatic carbocycles. The molecule has 0 amide bonds. The van der Waals surface area contributed by atoms with Crippen molar-refractivity contribution in [2.75, 3.05) is 6.54 Å². The number of aromatic amines is 1. The number of hydrogen-bond donors (Lipinski definition) is 3. The molecule has 0 aliphatic carbocycles. The lowest BCUT2D eigenvalue weighted by atomic mass is 10.1. The minimum atomic E-state index is -0.681. The van der Waals surface area contributed by atoms with Gasteiger partial charge in [0.1, 0.15) is 6.23 Å². The van der Waals surface area contributed by atoms with Gasteiger partial charge in [-0.15, -0.1) is 0 Å². The largest absolute Gasteiger partial charge is 0.390 e. The molecule has 0 radical (unpaired) electrons. The Kier molecular flexibility index (Phi) is 5.70. The van der Waals surface area contributed by atoms with Gasteiger partial charge in [-0.3, -0.25) is 14.3 Å². The number of aromatic nitrogens is 2. The van der Waals surface area contributed by atoms with Crippen molar-refractivity contribution in [2.45, 2.75) is 51.2 Å². The summed E-state index contributed by atoms with van der Waals surface area (Å²) in [6, 6.07) is 10.1. The molecule has 1 unspecified atom stereocenters. The Bertz CT molecular complexity index is 846. The number of benzene rings is 1. The minimum absolute atomic E-state index is 0.119. The number of aliphatic hydroxyl groups excluding tert-OH is 1. The summed E-state index contributed by atoms with van der Waals surface area (Å²) < 4.78 is 7.26. The van der Waals surface area contributed by atoms with Gasteiger partial charge in [0.25, 0.3) is 5.56 Å². The van der Waals surface area contributed by atoms with Crippen molar-refractivity contribution >= 4 is 0 Å². The first-order valence-corrected chi connectivity index (χ1v) is 8.95. The van der Waals surface area contributed by atoms with Crippen LogP contribution >= 0.6 is 0 Å². The van der Waals surface area contributed by atoms with Crippen LogP contribution in [0, 0.1) is 0 Å². The quantitative estimate of drug-likeness (QED) is 0.718. The van der Waals surface area contributed by atoms with Gasteiger partial charge in [-0.2, -0.15) is 0 Å². The van der Waals surface area contributed by atoms with Crippen LogP contribution in [0.25, 0.3) is 0 Å². The summed E-state index contributed by atoms with van der Waals surface area (Å²) in [7, 11) is 0. The molecule has 3 rings (SSSR count). The molecule has 0 bridgehead atoms. The molecular weight excluding hydrogens is 334 g/mol. The van der Waals surface area contributed by atoms with E-state index in [2.05, 4.69) is 10.3 Å². The first-order valence-electron chi connectivity index (χ1n) is 8.95. The first-order chi connectivity index (χ1) is 12.5. The molecule has 1 saturated heterocycles. The lowest BCUT2D eigenvalue weighted by molar-refractivity contribution is -0.0203. The van der Waals surface area contributed by atoms with E-state index < -0.39 is 24.1 Å². The normalized spacial score (nSPS) is 23.9. The summed E-state index contributed by atoms with van der Waals surface area (Å²) in [5.41, 5.74) is 0.779. The monoisotopic (exact) mass is 359 g/mol. The lowest BCUT2D eigenvalue weighted by Gasteiger charge is -2.20. The van der Waals surface area contributed by atoms with Gasteiger partial charge in [0.15, 0.2) is 0 Å². The number of hydrogen-bond acceptors (Lipinski definition) is 5. The van der Waals surface area contributed by atoms with Gasteiger partial charge in [0.2, 0.25) is 0 Å². The third kappa shape index (κ3) is 3.95. The van der Waals surface area contributed by atoms with E-state index in [1.807, 2.05) is 44.2 Å². The highest BCUT2D eigenvalue weighted by Crippen LogP contribution is 2.27. The standard InChI is InChI=1S/C19H25N3O4/c1-3-13-11-22(19(25)21-18(13)24)17-9-15(23)16(26-17)10-20-12(2)14-7-5-4-6-8-14/h4-8,11-12,15-17,20,23H,3,9-10H2,1-2H3,(H,21,24,25)/t12-,15?,16+,17+/m1/s1. The van der Waals surface area contributed by atoms with E-state index in [-0.39, 0.29) is 11.6 Å². The molecule has 26 heavy (non-hydrogen) atoms. The number of aliphatic hydroxyl groups is 1. The van der Waals surface area contributed by atoms with Crippen molar-refractivity contribution in [3.8, 4) is 0 Å². The van der Waals surface area contributed by atoms with Crippen LogP contribution in [0.2, 0.25) is 0 Å². The zero-order valence-electron chi connectivity index (χ0n) is 15.0. The van der Waals surface area contributed by atoms with E-state index >= 15 is 0 Å². The molecule has 2 heterocycles. The Hall–Kier alpha value is -2.22. The second-order valence-corrected chi connectivity index (χ2v) is 6.65. The number of aryl methyl sites for hydroxylation is 1. The molecule has 1 aromatic heterocycles. The highest BCUT2D eigenvalue weighted by molar-refractivity contribution is 5.18. The zero-order valence-corrected chi connectivity index (χ0v) is 15.0. The second-order valence-electron chi connectivity index (χ2n) is 6.65. The molecule has 7 nitrogen and oxygen atoms in total. The van der Waals surface area contributed by atoms with E-state index in [0.29, 0.717) is 24.9 Å². The van der Waals surface area contributed by atoms with Crippen LogP contribution < -0.4 is 16.6 Å². The summed E-state index contributed by atoms with van der Waals surface area (Å²) in [5, 5.41) is 13.7. The third-order valence-electron chi connectivity index (χ3n) is 4.86. The molecule has 1 aliphatic rings. The Labute approximate surface area is 151 Å². The number of H-pyrrole nitrogens is 1. The van der Waals surface area contributed by atoms with Crippen molar-refractivity contribution < 1.29 is 9.84 Å². The Morgan fingerprint density at radius 3 is 2.77 bits per heavy atom. The maximum Gasteiger partial charge on any atom is 0.330 e. The summed E-state index contributed by atoms with van der Waals surface area (Å²) in [4.78, 5) is 26.1. The van der Waals surface area contributed by atoms with Crippen molar-refractivity contribution in [2.24, 2.45) is 0 Å². The second kappa shape index (κ2) is 7.99. The number of nitrogens with one attached hydrogen (secondary N) is 2. The van der Waals surface area contributed by atoms with Crippen molar-refractivity contribution in [1.82, 2.24) is 14.9 Å². The summed E-state index contributed by atoms with van der Waals surface area (Å²) >= 11 is 0. The maximum absolute atomic E-state index is 12.1. The summed E-state index contributed by atoms with van der Waals surface area (Å²) in [6.45, 7) is 4.36. The third-order valence-corrected chi connectivity index (χ3v) is 4.86. The highest BCUT2D eigenvalue weighted by Gasteiger charge is 2.35. The van der Waals surface area contributed by atoms with Gasteiger partial charge in [0.05, 0.1) is 12.2 Å². The van der Waals surface area contributed by atoms with E-state index in [1.54, 1.807) is 0 Å². The molecule has 0 spiro atoms. The fourth-order valence-corrected chi connectivity index (χ4v) is 3.22. The molecule has 3 N–H and O–H groups in total. The van der Waals surface area contributed by atoms with Crippen LogP contribution in [0.15, 0.2) is 46.1 Å². The molecule has 2 aromatic rings. The van der Waals surface area contributed by atoms with E-state index in [4.69, 9.17) is 4.74 Å². The summed E-state index contributed by atoms with van der Waals surface area (Å²) in [6.07, 6.45) is 0.667. The Morgan fingerprint density at radius 2 is 2.08 bits per heavy atom. The maximum atomic E-state index is 12.1. The predicted molar refractivity (Wildman–Crippen MR) is 98.1 cm³/mol. The fourth-order valence-electron chi connectivity index (χ4n) is 3.22. The topological polar surface area (TPSA) is 96.3 Å². The Morgan fingerprint density at radius 1 is 1.35 bits per heavy atom. The lowest BCUT2D eigenvalue weighted by Crippen LogP contribution is -2.36. The van der Waals surface area contributed by atoms with Gasteiger partial charge in [-0.05, 0) is 18.9 Å². The van der Waals surface area contributed by atoms with Crippen molar-refractivity contribution in [3.05, 3.63) is 68.5 Å². The van der Waals surface area contributed by atoms with E-state index in [1.165, 1.54) is 10.8 Å². The highest BCUT2D eigenvalue weighted by atomic mass is 16.5. The van der Waals surface area contributed by atoms with Crippen LogP contribution in [0.4, 0.5) is 0 Å². The SMILES string of the molecule is CCc1cn([C@@H]2CC(O)[C@H](CN[C@H](C)c3ccccc3)O2)c(=O)[nH]c1=O. The zero-order chi connectivity index (χ0) is 18.7. The Balaban J connectivity index is 1.66. The van der Waals surface area contributed by atoms with Gasteiger partial charge in [0, 0.05) is 30.8 Å². The van der Waals surface area contributed by atoms with Crippen molar-refractivity contribution in [1.29, 1.82) is 0 Å². The van der Waals surface area contributed by atoms with Gasteiger partial charge in [-0.25, -0.2) is 4.79 Å². The number of nitrogens with zero attached hydrogens (tertiary/aromatic N) is 1. The number of rotatable bonds is 6. The van der Waals surface area contributed by atoms with Gasteiger partial charge in [-0.1, -0.05) is 37.3 Å². The average Bonchev–Trinajstić information content (AvgIpc) is 3.01. The van der Waals surface area contributed by atoms with Crippen LogP contribution in [0.5, 0.6) is 0 Å². The van der Waals surface area contributed by atoms with Crippen LogP contribution in [-0.2, 0) is 11.2 Å². The molecule has 1 fully saturated rings. The predicted octanol–water partition coefficient (Wildman–Crippen LogP) is 1.10. The van der Waals surface area contributed by atoms with Crippen LogP contribution in [0.3, 0.4) is 0 Å². The molecular formula is C19H25N3O4. The smallest absolute Gasteiger partial charge is 0.330 e. The van der Waals surface area contributed by atoms with E-state index in [0.717, 1.165) is 5.56 Å². The molecule has 0 saturated carbocycles. The molecule has 1 aliphatic heterocycles.